The summed E-state index contributed by atoms with van der Waals surface area (Å²) in [6.07, 6.45) is 0.868. The lowest BCUT2D eigenvalue weighted by molar-refractivity contribution is 0.0997. The van der Waals surface area contributed by atoms with Crippen LogP contribution in [0.3, 0.4) is 0 Å². The number of anilines is 4. The topological polar surface area (TPSA) is 184 Å². The van der Waals surface area contributed by atoms with Crippen LogP contribution in [-0.4, -0.2) is 53.2 Å². The van der Waals surface area contributed by atoms with Gasteiger partial charge in [-0.05, 0) is 59.6 Å². The molecule has 4 N–H and O–H groups in total. The van der Waals surface area contributed by atoms with Crippen LogP contribution in [0.1, 0.15) is 20.8 Å². The minimum atomic E-state index is -3.87. The minimum absolute atomic E-state index is 0.0647. The third-order valence-electron chi connectivity index (χ3n) is 4.47. The van der Waals surface area contributed by atoms with E-state index in [2.05, 4.69) is 15.6 Å². The lowest BCUT2D eigenvalue weighted by atomic mass is 10.2. The van der Waals surface area contributed by atoms with Crippen molar-refractivity contribution in [1.82, 2.24) is 4.98 Å². The number of sulfonamides is 1. The van der Waals surface area contributed by atoms with Crippen LogP contribution in [0.15, 0.2) is 48.5 Å². The summed E-state index contributed by atoms with van der Waals surface area (Å²) in [4.78, 5) is 28.7. The van der Waals surface area contributed by atoms with Crippen LogP contribution in [0.5, 0.6) is 5.75 Å². The molecule has 0 bridgehead atoms. The highest BCUT2D eigenvalue weighted by Crippen LogP contribution is 2.31. The van der Waals surface area contributed by atoms with Crippen molar-refractivity contribution in [3.63, 3.8) is 0 Å². The van der Waals surface area contributed by atoms with Crippen LogP contribution in [-0.2, 0) is 21.1 Å². The number of primary amides is 1. The van der Waals surface area contributed by atoms with Gasteiger partial charge in [0, 0.05) is 11.3 Å². The molecule has 0 fully saturated rings. The zero-order valence-electron chi connectivity index (χ0n) is 18.4. The molecular formula is C20H20N5O7S3-. The van der Waals surface area contributed by atoms with Gasteiger partial charge in [-0.3, -0.25) is 18.1 Å². The van der Waals surface area contributed by atoms with E-state index >= 15 is 0 Å². The molecule has 0 aliphatic heterocycles. The number of carbonyl (C=O) groups excluding carboxylic acids is 2. The van der Waals surface area contributed by atoms with Gasteiger partial charge in [-0.25, -0.2) is 13.4 Å². The molecule has 2 aromatic carbocycles. The quantitative estimate of drug-likeness (QED) is 0.324. The highest BCUT2D eigenvalue weighted by molar-refractivity contribution is 7.93. The second kappa shape index (κ2) is 10.8. The SMILES string of the molecule is COc1ccc(Nc2nc(C(N)=O)c(NC(=O)c3ccc(N(CS(=O)[O-])S(C)(=O)=O)cc3)s2)cc1. The number of rotatable bonds is 10. The number of hydrogen-bond acceptors (Lipinski definition) is 10. The maximum atomic E-state index is 12.7. The third kappa shape index (κ3) is 6.75. The first-order valence-electron chi connectivity index (χ1n) is 9.64. The number of methoxy groups -OCH3 is 1. The summed E-state index contributed by atoms with van der Waals surface area (Å²) < 4.78 is 51.6. The van der Waals surface area contributed by atoms with Gasteiger partial charge in [-0.1, -0.05) is 11.3 Å². The Kier molecular flexibility index (Phi) is 8.06. The fourth-order valence-electron chi connectivity index (χ4n) is 2.83. The van der Waals surface area contributed by atoms with Crippen LogP contribution in [0, 0.1) is 0 Å². The van der Waals surface area contributed by atoms with E-state index in [0.717, 1.165) is 17.6 Å². The summed E-state index contributed by atoms with van der Waals surface area (Å²) in [6.45, 7) is 0. The predicted molar refractivity (Wildman–Crippen MR) is 132 cm³/mol. The Morgan fingerprint density at radius 2 is 1.80 bits per heavy atom. The summed E-state index contributed by atoms with van der Waals surface area (Å²) in [5.41, 5.74) is 6.12. The standard InChI is InChI=1S/C20H21N5O7S3/c1-32-15-9-5-13(6-10-15)22-20-23-16(17(21)26)19(33-20)24-18(27)12-3-7-14(8-4-12)25(11-34(28)29)35(2,30)31/h3-10H,11H2,1-2H3,(H2,21,26)(H,22,23)(H,24,27)(H,28,29)/p-1. The van der Waals surface area contributed by atoms with Gasteiger partial charge in [0.05, 0.1) is 24.9 Å². The summed E-state index contributed by atoms with van der Waals surface area (Å²) in [5, 5.41) is 6.01. The first-order valence-corrected chi connectivity index (χ1v) is 13.6. The average molecular weight is 539 g/mol. The smallest absolute Gasteiger partial charge is 0.270 e. The Labute approximate surface area is 207 Å². The van der Waals surface area contributed by atoms with Gasteiger partial charge in [0.2, 0.25) is 10.0 Å². The first kappa shape index (κ1) is 26.1. The number of carbonyl (C=O) groups is 2. The molecule has 186 valence electrons. The van der Waals surface area contributed by atoms with Crippen molar-refractivity contribution < 1.29 is 31.5 Å². The molecule has 1 aromatic heterocycles. The molecule has 0 aliphatic carbocycles. The molecule has 35 heavy (non-hydrogen) atoms. The second-order valence-electron chi connectivity index (χ2n) is 6.96. The van der Waals surface area contributed by atoms with Crippen LogP contribution >= 0.6 is 11.3 Å². The van der Waals surface area contributed by atoms with E-state index in [-0.39, 0.29) is 21.9 Å². The molecule has 1 unspecified atom stereocenters. The monoisotopic (exact) mass is 538 g/mol. The maximum absolute atomic E-state index is 12.7. The molecule has 0 spiro atoms. The highest BCUT2D eigenvalue weighted by atomic mass is 32.2. The molecular weight excluding hydrogens is 518 g/mol. The Bertz CT molecular complexity index is 1360. The molecule has 3 rings (SSSR count). The lowest BCUT2D eigenvalue weighted by Gasteiger charge is -2.23. The largest absolute Gasteiger partial charge is 0.771 e. The van der Waals surface area contributed by atoms with E-state index in [1.807, 2.05) is 0 Å². The van der Waals surface area contributed by atoms with Crippen LogP contribution < -0.4 is 25.4 Å². The molecule has 12 nitrogen and oxygen atoms in total. The fourth-order valence-corrected chi connectivity index (χ4v) is 5.59. The Hall–Kier alpha value is -3.53. The maximum Gasteiger partial charge on any atom is 0.270 e. The number of aromatic nitrogens is 1. The van der Waals surface area contributed by atoms with E-state index in [0.29, 0.717) is 20.9 Å². The van der Waals surface area contributed by atoms with E-state index in [1.165, 1.54) is 24.3 Å². The number of amides is 2. The van der Waals surface area contributed by atoms with E-state index in [4.69, 9.17) is 10.5 Å². The number of nitrogens with two attached hydrogens (primary N) is 1. The summed E-state index contributed by atoms with van der Waals surface area (Å²) in [7, 11) is -2.33. The van der Waals surface area contributed by atoms with Gasteiger partial charge in [0.1, 0.15) is 10.8 Å². The Balaban J connectivity index is 1.79. The molecule has 1 heterocycles. The van der Waals surface area contributed by atoms with Crippen LogP contribution in [0.4, 0.5) is 21.5 Å². The molecule has 0 saturated heterocycles. The minimum Gasteiger partial charge on any atom is -0.771 e. The summed E-state index contributed by atoms with van der Waals surface area (Å²) in [6, 6.07) is 12.2. The van der Waals surface area contributed by atoms with Gasteiger partial charge in [-0.2, -0.15) is 0 Å². The zero-order valence-corrected chi connectivity index (χ0v) is 20.8. The van der Waals surface area contributed by atoms with Crippen molar-refractivity contribution in [2.45, 2.75) is 0 Å². The number of thiazole rings is 1. The van der Waals surface area contributed by atoms with Crippen LogP contribution in [0.25, 0.3) is 0 Å². The Morgan fingerprint density at radius 3 is 2.31 bits per heavy atom. The van der Waals surface area contributed by atoms with E-state index < -0.39 is 38.8 Å². The van der Waals surface area contributed by atoms with Crippen molar-refractivity contribution in [2.24, 2.45) is 5.73 Å². The van der Waals surface area contributed by atoms with Crippen molar-refractivity contribution in [3.8, 4) is 5.75 Å². The average Bonchev–Trinajstić information content (AvgIpc) is 3.19. The Morgan fingerprint density at radius 1 is 1.17 bits per heavy atom. The number of nitrogens with zero attached hydrogens (tertiary/aromatic N) is 2. The normalized spacial score (nSPS) is 12.0. The number of nitrogens with one attached hydrogen (secondary N) is 2. The van der Waals surface area contributed by atoms with Gasteiger partial charge < -0.3 is 25.7 Å². The molecule has 1 atom stereocenters. The van der Waals surface area contributed by atoms with Crippen molar-refractivity contribution >= 4 is 65.8 Å². The van der Waals surface area contributed by atoms with E-state index in [9.17, 15) is 26.8 Å². The van der Waals surface area contributed by atoms with Gasteiger partial charge >= 0.3 is 0 Å². The van der Waals surface area contributed by atoms with E-state index in [1.54, 1.807) is 31.4 Å². The van der Waals surface area contributed by atoms with Gasteiger partial charge in [0.15, 0.2) is 10.8 Å². The van der Waals surface area contributed by atoms with Gasteiger partial charge in [0.25, 0.3) is 11.8 Å². The van der Waals surface area contributed by atoms with Crippen LogP contribution in [0.2, 0.25) is 0 Å². The molecule has 15 heteroatoms. The summed E-state index contributed by atoms with van der Waals surface area (Å²) >= 11 is -1.66. The first-order chi connectivity index (χ1) is 16.5. The highest BCUT2D eigenvalue weighted by Gasteiger charge is 2.21. The lowest BCUT2D eigenvalue weighted by Crippen LogP contribution is -2.32. The zero-order chi connectivity index (χ0) is 25.8. The number of benzene rings is 2. The molecule has 3 aromatic rings. The molecule has 2 amide bonds. The predicted octanol–water partition coefficient (Wildman–Crippen LogP) is 1.85. The number of hydrogen-bond donors (Lipinski definition) is 3. The molecule has 0 aliphatic rings. The second-order valence-corrected chi connectivity index (χ2v) is 10.7. The summed E-state index contributed by atoms with van der Waals surface area (Å²) in [5.74, 6) is -1.56. The van der Waals surface area contributed by atoms with Crippen molar-refractivity contribution in [3.05, 3.63) is 59.8 Å². The van der Waals surface area contributed by atoms with Crippen molar-refractivity contribution in [1.29, 1.82) is 0 Å². The van der Waals surface area contributed by atoms with Crippen molar-refractivity contribution in [2.75, 3.05) is 34.2 Å². The fraction of sp³-hybridized carbons (Fsp3) is 0.150. The molecule has 0 saturated carbocycles. The third-order valence-corrected chi connectivity index (χ3v) is 7.13. The van der Waals surface area contributed by atoms with Gasteiger partial charge in [-0.15, -0.1) is 0 Å². The number of ether oxygens (including phenoxy) is 1. The molecule has 0 radical (unpaired) electrons.